The smallest absolute Gasteiger partial charge is 0.227 e. The van der Waals surface area contributed by atoms with Crippen LogP contribution in [0.4, 0.5) is 0 Å². The quantitative estimate of drug-likeness (QED) is 0.644. The van der Waals surface area contributed by atoms with Gasteiger partial charge >= 0.3 is 0 Å². The number of amides is 1. The Hall–Kier alpha value is -2.72. The Labute approximate surface area is 161 Å². The van der Waals surface area contributed by atoms with Crippen molar-refractivity contribution in [3.63, 3.8) is 0 Å². The van der Waals surface area contributed by atoms with Gasteiger partial charge in [-0.15, -0.1) is 0 Å². The Morgan fingerprint density at radius 2 is 1.67 bits per heavy atom. The highest BCUT2D eigenvalue weighted by Crippen LogP contribution is 2.16. The van der Waals surface area contributed by atoms with Crippen LogP contribution in [0.15, 0.2) is 60.9 Å². The van der Waals surface area contributed by atoms with E-state index in [-0.39, 0.29) is 5.91 Å². The van der Waals surface area contributed by atoms with Crippen molar-refractivity contribution in [3.05, 3.63) is 77.6 Å². The summed E-state index contributed by atoms with van der Waals surface area (Å²) in [5.41, 5.74) is 3.44. The molecule has 0 atom stereocenters. The van der Waals surface area contributed by atoms with Crippen LogP contribution < -0.4 is 0 Å². The van der Waals surface area contributed by atoms with Crippen LogP contribution >= 0.6 is 0 Å². The van der Waals surface area contributed by atoms with Gasteiger partial charge in [0.25, 0.3) is 0 Å². The van der Waals surface area contributed by atoms with Gasteiger partial charge in [-0.3, -0.25) is 9.78 Å². The molecule has 0 aliphatic rings. The third kappa shape index (κ3) is 5.38. The summed E-state index contributed by atoms with van der Waals surface area (Å²) < 4.78 is 0. The first kappa shape index (κ1) is 19.1. The molecule has 1 aromatic heterocycles. The van der Waals surface area contributed by atoms with Crippen molar-refractivity contribution in [2.45, 2.75) is 19.9 Å². The number of nitrogens with zero attached hydrogens (tertiary/aromatic N) is 3. The van der Waals surface area contributed by atoms with Crippen LogP contribution in [0.3, 0.4) is 0 Å². The third-order valence-electron chi connectivity index (χ3n) is 4.72. The second-order valence-corrected chi connectivity index (χ2v) is 7.34. The third-order valence-corrected chi connectivity index (χ3v) is 4.72. The summed E-state index contributed by atoms with van der Waals surface area (Å²) >= 11 is 0. The van der Waals surface area contributed by atoms with E-state index in [0.717, 1.165) is 35.0 Å². The first-order chi connectivity index (χ1) is 13.0. The predicted molar refractivity (Wildman–Crippen MR) is 111 cm³/mol. The molecule has 3 aromatic rings. The largest absolute Gasteiger partial charge is 0.337 e. The fraction of sp³-hybridized carbons (Fsp3) is 0.304. The van der Waals surface area contributed by atoms with Crippen LogP contribution in [0.5, 0.6) is 0 Å². The highest BCUT2D eigenvalue weighted by molar-refractivity contribution is 5.84. The molecule has 4 heteroatoms. The summed E-state index contributed by atoms with van der Waals surface area (Å²) in [6.45, 7) is 4.29. The topological polar surface area (TPSA) is 36.4 Å². The maximum absolute atomic E-state index is 13.0. The van der Waals surface area contributed by atoms with Gasteiger partial charge in [0.2, 0.25) is 5.91 Å². The molecule has 0 spiro atoms. The Morgan fingerprint density at radius 3 is 2.41 bits per heavy atom. The SMILES string of the molecule is Cc1ccc(CN(CCN(C)C)C(=O)Cc2ccc3cnccc3c2)cc1. The van der Waals surface area contributed by atoms with Crippen molar-refractivity contribution >= 4 is 16.7 Å². The zero-order chi connectivity index (χ0) is 19.2. The van der Waals surface area contributed by atoms with Crippen molar-refractivity contribution in [1.29, 1.82) is 0 Å². The number of benzene rings is 2. The van der Waals surface area contributed by atoms with Crippen LogP contribution in [0.2, 0.25) is 0 Å². The van der Waals surface area contributed by atoms with Crippen LogP contribution in [0.25, 0.3) is 10.8 Å². The van der Waals surface area contributed by atoms with Crippen LogP contribution in [0.1, 0.15) is 16.7 Å². The van der Waals surface area contributed by atoms with Crippen molar-refractivity contribution in [1.82, 2.24) is 14.8 Å². The van der Waals surface area contributed by atoms with Crippen molar-refractivity contribution in [2.75, 3.05) is 27.2 Å². The van der Waals surface area contributed by atoms with E-state index in [9.17, 15) is 4.79 Å². The molecule has 4 nitrogen and oxygen atoms in total. The number of carbonyl (C=O) groups excluding carboxylic acids is 1. The summed E-state index contributed by atoms with van der Waals surface area (Å²) in [7, 11) is 4.07. The Kier molecular flexibility index (Phi) is 6.20. The fourth-order valence-electron chi connectivity index (χ4n) is 3.06. The molecule has 2 aromatic carbocycles. The molecule has 0 bridgehead atoms. The molecule has 0 unspecified atom stereocenters. The Morgan fingerprint density at radius 1 is 0.926 bits per heavy atom. The Balaban J connectivity index is 1.74. The number of hydrogen-bond donors (Lipinski definition) is 0. The molecular formula is C23H27N3O. The first-order valence-corrected chi connectivity index (χ1v) is 9.32. The van der Waals surface area contributed by atoms with Gasteiger partial charge in [0, 0.05) is 37.4 Å². The summed E-state index contributed by atoms with van der Waals surface area (Å²) in [5, 5.41) is 2.21. The molecule has 0 saturated carbocycles. The summed E-state index contributed by atoms with van der Waals surface area (Å²) in [5.74, 6) is 0.158. The van der Waals surface area contributed by atoms with E-state index in [2.05, 4.69) is 47.1 Å². The highest BCUT2D eigenvalue weighted by Gasteiger charge is 2.15. The first-order valence-electron chi connectivity index (χ1n) is 9.32. The molecule has 3 rings (SSSR count). The lowest BCUT2D eigenvalue weighted by molar-refractivity contribution is -0.131. The number of aromatic nitrogens is 1. The molecule has 0 aliphatic carbocycles. The van der Waals surface area contributed by atoms with Crippen molar-refractivity contribution < 1.29 is 4.79 Å². The maximum atomic E-state index is 13.0. The normalized spacial score (nSPS) is 11.1. The number of fused-ring (bicyclic) bond motifs is 1. The molecule has 0 aliphatic heterocycles. The molecule has 0 N–H and O–H groups in total. The molecule has 0 fully saturated rings. The van der Waals surface area contributed by atoms with E-state index < -0.39 is 0 Å². The van der Waals surface area contributed by atoms with Crippen molar-refractivity contribution in [3.8, 4) is 0 Å². The second kappa shape index (κ2) is 8.78. The second-order valence-electron chi connectivity index (χ2n) is 7.34. The molecule has 1 heterocycles. The molecule has 1 amide bonds. The average Bonchev–Trinajstić information content (AvgIpc) is 2.66. The number of hydrogen-bond acceptors (Lipinski definition) is 3. The lowest BCUT2D eigenvalue weighted by Gasteiger charge is -2.25. The van der Waals surface area contributed by atoms with Gasteiger partial charge in [-0.25, -0.2) is 0 Å². The average molecular weight is 361 g/mol. The maximum Gasteiger partial charge on any atom is 0.227 e. The molecule has 140 valence electrons. The standard InChI is InChI=1S/C23H27N3O/c1-18-4-6-19(7-5-18)17-26(13-12-25(2)3)23(27)15-20-8-9-22-16-24-11-10-21(22)14-20/h4-11,14,16H,12-13,15,17H2,1-3H3. The fourth-order valence-corrected chi connectivity index (χ4v) is 3.06. The van der Waals surface area contributed by atoms with Crippen LogP contribution in [-0.2, 0) is 17.8 Å². The zero-order valence-corrected chi connectivity index (χ0v) is 16.4. The van der Waals surface area contributed by atoms with Gasteiger partial charge in [0.05, 0.1) is 6.42 Å². The minimum atomic E-state index is 0.158. The summed E-state index contributed by atoms with van der Waals surface area (Å²) in [4.78, 5) is 21.2. The van der Waals surface area contributed by atoms with E-state index in [1.807, 2.05) is 43.4 Å². The van der Waals surface area contributed by atoms with E-state index in [4.69, 9.17) is 0 Å². The number of likely N-dealkylation sites (N-methyl/N-ethyl adjacent to an activating group) is 1. The minimum absolute atomic E-state index is 0.158. The zero-order valence-electron chi connectivity index (χ0n) is 16.4. The molecule has 0 radical (unpaired) electrons. The lowest BCUT2D eigenvalue weighted by atomic mass is 10.1. The summed E-state index contributed by atoms with van der Waals surface area (Å²) in [6.07, 6.45) is 4.05. The number of pyridine rings is 1. The van der Waals surface area contributed by atoms with Gasteiger partial charge in [-0.05, 0) is 43.6 Å². The van der Waals surface area contributed by atoms with Gasteiger partial charge < -0.3 is 9.80 Å². The molecular weight excluding hydrogens is 334 g/mol. The Bertz CT molecular complexity index is 903. The minimum Gasteiger partial charge on any atom is -0.337 e. The van der Waals surface area contributed by atoms with E-state index >= 15 is 0 Å². The van der Waals surface area contributed by atoms with Gasteiger partial charge in [0.1, 0.15) is 0 Å². The lowest BCUT2D eigenvalue weighted by Crippen LogP contribution is -2.37. The number of rotatable bonds is 7. The van der Waals surface area contributed by atoms with Crippen LogP contribution in [0, 0.1) is 6.92 Å². The molecule has 27 heavy (non-hydrogen) atoms. The van der Waals surface area contributed by atoms with Gasteiger partial charge in [-0.1, -0.05) is 48.0 Å². The predicted octanol–water partition coefficient (Wildman–Crippen LogP) is 3.68. The van der Waals surface area contributed by atoms with Gasteiger partial charge in [-0.2, -0.15) is 0 Å². The van der Waals surface area contributed by atoms with Crippen LogP contribution in [-0.4, -0.2) is 47.9 Å². The van der Waals surface area contributed by atoms with Crippen molar-refractivity contribution in [2.24, 2.45) is 0 Å². The van der Waals surface area contributed by atoms with E-state index in [0.29, 0.717) is 13.0 Å². The summed E-state index contributed by atoms with van der Waals surface area (Å²) in [6, 6.07) is 16.5. The van der Waals surface area contributed by atoms with E-state index in [1.54, 1.807) is 6.20 Å². The monoisotopic (exact) mass is 361 g/mol. The van der Waals surface area contributed by atoms with Gasteiger partial charge in [0.15, 0.2) is 0 Å². The number of carbonyl (C=O) groups is 1. The highest BCUT2D eigenvalue weighted by atomic mass is 16.2. The van der Waals surface area contributed by atoms with E-state index in [1.165, 1.54) is 5.56 Å². The number of aryl methyl sites for hydroxylation is 1. The molecule has 0 saturated heterocycles.